The van der Waals surface area contributed by atoms with E-state index < -0.39 is 10.0 Å². The summed E-state index contributed by atoms with van der Waals surface area (Å²) in [4.78, 5) is 0.367. The summed E-state index contributed by atoms with van der Waals surface area (Å²) >= 11 is 5.90. The molecule has 1 aromatic carbocycles. The van der Waals surface area contributed by atoms with E-state index in [1.807, 2.05) is 13.0 Å². The van der Waals surface area contributed by atoms with Crippen molar-refractivity contribution in [2.75, 3.05) is 13.1 Å². The number of alkyl halides is 1. The van der Waals surface area contributed by atoms with Gasteiger partial charge in [0.05, 0.1) is 4.90 Å². The Bertz CT molecular complexity index is 609. The van der Waals surface area contributed by atoms with Crippen LogP contribution >= 0.6 is 11.6 Å². The van der Waals surface area contributed by atoms with Crippen molar-refractivity contribution in [2.45, 2.75) is 50.8 Å². The van der Waals surface area contributed by atoms with Crippen LogP contribution in [0.3, 0.4) is 0 Å². The zero-order chi connectivity index (χ0) is 15.7. The molecule has 1 aromatic rings. The first-order valence-electron chi connectivity index (χ1n) is 7.54. The van der Waals surface area contributed by atoms with E-state index in [0.717, 1.165) is 30.4 Å². The van der Waals surface area contributed by atoms with E-state index in [4.69, 9.17) is 11.6 Å². The second-order valence-electron chi connectivity index (χ2n) is 6.02. The molecule has 0 saturated carbocycles. The molecule has 1 aliphatic rings. The fourth-order valence-corrected chi connectivity index (χ4v) is 4.92. The van der Waals surface area contributed by atoms with Gasteiger partial charge >= 0.3 is 0 Å². The molecule has 0 N–H and O–H groups in total. The minimum Gasteiger partial charge on any atom is -0.207 e. The molecule has 0 amide bonds. The molecular weight excluding hydrogens is 306 g/mol. The van der Waals surface area contributed by atoms with E-state index in [-0.39, 0.29) is 5.41 Å². The van der Waals surface area contributed by atoms with Crippen LogP contribution in [0, 0.1) is 12.3 Å². The Morgan fingerprint density at radius 2 is 1.95 bits per heavy atom. The topological polar surface area (TPSA) is 37.4 Å². The van der Waals surface area contributed by atoms with Crippen LogP contribution in [0.1, 0.15) is 44.2 Å². The van der Waals surface area contributed by atoms with Gasteiger partial charge in [-0.05, 0) is 54.9 Å². The lowest BCUT2D eigenvalue weighted by atomic mass is 9.82. The molecule has 0 atom stereocenters. The largest absolute Gasteiger partial charge is 0.243 e. The monoisotopic (exact) mass is 329 g/mol. The molecule has 0 radical (unpaired) electrons. The molecule has 0 bridgehead atoms. The van der Waals surface area contributed by atoms with E-state index in [0.29, 0.717) is 23.9 Å². The van der Waals surface area contributed by atoms with Crippen molar-refractivity contribution in [2.24, 2.45) is 5.41 Å². The molecule has 0 unspecified atom stereocenters. The van der Waals surface area contributed by atoms with Crippen molar-refractivity contribution in [3.8, 4) is 0 Å². The van der Waals surface area contributed by atoms with E-state index in [1.54, 1.807) is 16.4 Å². The predicted octanol–water partition coefficient (Wildman–Crippen LogP) is 3.93. The maximum absolute atomic E-state index is 12.8. The molecule has 21 heavy (non-hydrogen) atoms. The predicted molar refractivity (Wildman–Crippen MR) is 87.1 cm³/mol. The molecule has 3 nitrogen and oxygen atoms in total. The summed E-state index contributed by atoms with van der Waals surface area (Å²) in [6.45, 7) is 7.50. The van der Waals surface area contributed by atoms with Gasteiger partial charge in [-0.15, -0.1) is 11.6 Å². The van der Waals surface area contributed by atoms with Gasteiger partial charge in [-0.1, -0.05) is 19.9 Å². The summed E-state index contributed by atoms with van der Waals surface area (Å²) in [6.07, 6.45) is 3.00. The van der Waals surface area contributed by atoms with Crippen molar-refractivity contribution in [1.82, 2.24) is 4.31 Å². The molecule has 1 heterocycles. The van der Waals surface area contributed by atoms with Crippen molar-refractivity contribution in [3.63, 3.8) is 0 Å². The Kier molecular flexibility index (Phi) is 5.01. The van der Waals surface area contributed by atoms with Crippen LogP contribution in [0.15, 0.2) is 23.1 Å². The lowest BCUT2D eigenvalue weighted by Gasteiger charge is -2.26. The van der Waals surface area contributed by atoms with Crippen LogP contribution in [-0.4, -0.2) is 25.8 Å². The van der Waals surface area contributed by atoms with Crippen LogP contribution in [0.25, 0.3) is 0 Å². The van der Waals surface area contributed by atoms with Crippen LogP contribution in [-0.2, 0) is 15.9 Å². The zero-order valence-corrected chi connectivity index (χ0v) is 14.6. The molecular formula is C16H24ClNO2S. The van der Waals surface area contributed by atoms with Gasteiger partial charge in [-0.25, -0.2) is 8.42 Å². The van der Waals surface area contributed by atoms with Gasteiger partial charge in [0.2, 0.25) is 10.0 Å². The molecule has 5 heteroatoms. The van der Waals surface area contributed by atoms with Crippen LogP contribution < -0.4 is 0 Å². The first-order chi connectivity index (χ1) is 9.88. The molecule has 1 aliphatic heterocycles. The lowest BCUT2D eigenvalue weighted by Crippen LogP contribution is -2.32. The normalized spacial score (nSPS) is 19.0. The molecule has 0 spiro atoms. The third kappa shape index (κ3) is 3.13. The number of sulfonamides is 1. The highest BCUT2D eigenvalue weighted by Gasteiger charge is 2.40. The van der Waals surface area contributed by atoms with Gasteiger partial charge in [-0.3, -0.25) is 0 Å². The average Bonchev–Trinajstić information content (AvgIpc) is 2.93. The highest BCUT2D eigenvalue weighted by molar-refractivity contribution is 7.89. The van der Waals surface area contributed by atoms with E-state index >= 15 is 0 Å². The van der Waals surface area contributed by atoms with Gasteiger partial charge in [0.1, 0.15) is 0 Å². The highest BCUT2D eigenvalue weighted by atomic mass is 35.5. The smallest absolute Gasteiger partial charge is 0.207 e. The van der Waals surface area contributed by atoms with Crippen molar-refractivity contribution >= 4 is 21.6 Å². The molecule has 118 valence electrons. The average molecular weight is 330 g/mol. The summed E-state index contributed by atoms with van der Waals surface area (Å²) in [5.41, 5.74) is 2.06. The second kappa shape index (κ2) is 6.27. The molecule has 1 fully saturated rings. The molecule has 1 saturated heterocycles. The van der Waals surface area contributed by atoms with E-state index in [9.17, 15) is 8.42 Å². The molecule has 0 aromatic heterocycles. The second-order valence-corrected chi connectivity index (χ2v) is 8.22. The highest BCUT2D eigenvalue weighted by Crippen LogP contribution is 2.39. The van der Waals surface area contributed by atoms with Crippen molar-refractivity contribution < 1.29 is 8.42 Å². The van der Waals surface area contributed by atoms with Crippen molar-refractivity contribution in [1.29, 1.82) is 0 Å². The van der Waals surface area contributed by atoms with E-state index in [1.165, 1.54) is 0 Å². The minimum absolute atomic E-state index is 0.146. The lowest BCUT2D eigenvalue weighted by molar-refractivity contribution is 0.279. The van der Waals surface area contributed by atoms with Gasteiger partial charge in [0, 0.05) is 19.0 Å². The Hall–Kier alpha value is -0.580. The Morgan fingerprint density at radius 1 is 1.29 bits per heavy atom. The van der Waals surface area contributed by atoms with Gasteiger partial charge < -0.3 is 0 Å². The SMILES string of the molecule is CCC1(CC)CCN(S(=O)(=O)c2ccc(C)c(CCl)c2)C1. The fourth-order valence-electron chi connectivity index (χ4n) is 3.03. The first-order valence-corrected chi connectivity index (χ1v) is 9.51. The summed E-state index contributed by atoms with van der Waals surface area (Å²) < 4.78 is 27.3. The number of benzene rings is 1. The first kappa shape index (κ1) is 16.8. The fraction of sp³-hybridized carbons (Fsp3) is 0.625. The van der Waals surface area contributed by atoms with Crippen LogP contribution in [0.4, 0.5) is 0 Å². The summed E-state index contributed by atoms with van der Waals surface area (Å²) in [5, 5.41) is 0. The minimum atomic E-state index is -3.40. The third-order valence-corrected chi connectivity index (χ3v) is 7.13. The summed E-state index contributed by atoms with van der Waals surface area (Å²) in [5.74, 6) is 0.336. The maximum Gasteiger partial charge on any atom is 0.243 e. The zero-order valence-electron chi connectivity index (χ0n) is 13.0. The molecule has 0 aliphatic carbocycles. The third-order valence-electron chi connectivity index (χ3n) is 5.01. The number of hydrogen-bond acceptors (Lipinski definition) is 2. The van der Waals surface area contributed by atoms with Crippen LogP contribution in [0.2, 0.25) is 0 Å². The number of hydrogen-bond donors (Lipinski definition) is 0. The maximum atomic E-state index is 12.8. The Balaban J connectivity index is 2.31. The Morgan fingerprint density at radius 3 is 2.48 bits per heavy atom. The van der Waals surface area contributed by atoms with Crippen LogP contribution in [0.5, 0.6) is 0 Å². The quantitative estimate of drug-likeness (QED) is 0.767. The number of rotatable bonds is 5. The standard InChI is InChI=1S/C16H24ClNO2S/c1-4-16(5-2)8-9-18(12-16)21(19,20)15-7-6-13(3)14(10-15)11-17/h6-7,10H,4-5,8-9,11-12H2,1-3H3. The summed E-state index contributed by atoms with van der Waals surface area (Å²) in [7, 11) is -3.40. The number of nitrogens with zero attached hydrogens (tertiary/aromatic N) is 1. The van der Waals surface area contributed by atoms with Gasteiger partial charge in [0.15, 0.2) is 0 Å². The van der Waals surface area contributed by atoms with E-state index in [2.05, 4.69) is 13.8 Å². The Labute approximate surface area is 133 Å². The van der Waals surface area contributed by atoms with Crippen molar-refractivity contribution in [3.05, 3.63) is 29.3 Å². The number of aryl methyl sites for hydroxylation is 1. The number of halogens is 1. The molecule has 2 rings (SSSR count). The van der Waals surface area contributed by atoms with Gasteiger partial charge in [-0.2, -0.15) is 4.31 Å². The summed E-state index contributed by atoms with van der Waals surface area (Å²) in [6, 6.07) is 5.25. The van der Waals surface area contributed by atoms with Gasteiger partial charge in [0.25, 0.3) is 0 Å².